The van der Waals surface area contributed by atoms with Crippen LogP contribution in [0.5, 0.6) is 0 Å². The summed E-state index contributed by atoms with van der Waals surface area (Å²) >= 11 is 8.37. The van der Waals surface area contributed by atoms with Crippen LogP contribution >= 0.6 is 28.1 Å². The maximum Gasteiger partial charge on any atom is 0.147 e. The van der Waals surface area contributed by atoms with Crippen LogP contribution in [-0.2, 0) is 9.84 Å². The van der Waals surface area contributed by atoms with Gasteiger partial charge in [0.2, 0.25) is 0 Å². The SMILES string of the molecule is CS(=O)(=O)CCCNc1cccc(Br)c1C(N)=S. The number of hydrogen-bond donors (Lipinski definition) is 2. The van der Waals surface area contributed by atoms with Crippen LogP contribution in [0.15, 0.2) is 22.7 Å². The number of thiocarbonyl (C=S) groups is 1. The standard InChI is InChI=1S/C11H15BrN2O2S2/c1-18(15,16)7-3-6-14-9-5-2-4-8(12)10(9)11(13)17/h2,4-5,14H,3,6-7H2,1H3,(H2,13,17). The van der Waals surface area contributed by atoms with Crippen molar-refractivity contribution < 1.29 is 8.42 Å². The van der Waals surface area contributed by atoms with E-state index < -0.39 is 9.84 Å². The van der Waals surface area contributed by atoms with Gasteiger partial charge in [0.05, 0.1) is 5.75 Å². The molecule has 0 radical (unpaired) electrons. The zero-order valence-electron chi connectivity index (χ0n) is 9.94. The van der Waals surface area contributed by atoms with Crippen LogP contribution in [0.1, 0.15) is 12.0 Å². The predicted molar refractivity (Wildman–Crippen MR) is 82.8 cm³/mol. The lowest BCUT2D eigenvalue weighted by Crippen LogP contribution is -2.15. The van der Waals surface area contributed by atoms with E-state index in [1.165, 1.54) is 6.26 Å². The van der Waals surface area contributed by atoms with E-state index in [4.69, 9.17) is 18.0 Å². The summed E-state index contributed by atoms with van der Waals surface area (Å²) < 4.78 is 22.8. The van der Waals surface area contributed by atoms with E-state index in [2.05, 4.69) is 21.2 Å². The number of anilines is 1. The molecule has 3 N–H and O–H groups in total. The highest BCUT2D eigenvalue weighted by molar-refractivity contribution is 9.10. The lowest BCUT2D eigenvalue weighted by molar-refractivity contribution is 0.600. The fourth-order valence-corrected chi connectivity index (χ4v) is 3.08. The molecule has 0 aliphatic rings. The van der Waals surface area contributed by atoms with Gasteiger partial charge in [0.25, 0.3) is 0 Å². The van der Waals surface area contributed by atoms with Gasteiger partial charge in [-0.25, -0.2) is 8.42 Å². The van der Waals surface area contributed by atoms with Crippen LogP contribution < -0.4 is 11.1 Å². The third kappa shape index (κ3) is 4.91. The number of halogens is 1. The van der Waals surface area contributed by atoms with Crippen molar-refractivity contribution in [1.82, 2.24) is 0 Å². The zero-order valence-corrected chi connectivity index (χ0v) is 13.2. The number of sulfone groups is 1. The minimum Gasteiger partial charge on any atom is -0.389 e. The maximum atomic E-state index is 11.0. The van der Waals surface area contributed by atoms with Gasteiger partial charge in [-0.2, -0.15) is 0 Å². The number of nitrogens with two attached hydrogens (primary N) is 1. The Kier molecular flexibility index (Phi) is 5.55. The minimum absolute atomic E-state index is 0.163. The lowest BCUT2D eigenvalue weighted by Gasteiger charge is -2.12. The normalized spacial score (nSPS) is 11.2. The third-order valence-electron chi connectivity index (χ3n) is 2.27. The molecule has 0 amide bonds. The first-order valence-electron chi connectivity index (χ1n) is 5.31. The van der Waals surface area contributed by atoms with Gasteiger partial charge in [0, 0.05) is 28.5 Å². The molecular formula is C11H15BrN2O2S2. The molecule has 0 saturated heterocycles. The Morgan fingerprint density at radius 1 is 1.50 bits per heavy atom. The summed E-state index contributed by atoms with van der Waals surface area (Å²) in [5, 5.41) is 3.15. The largest absolute Gasteiger partial charge is 0.389 e. The number of hydrogen-bond acceptors (Lipinski definition) is 4. The summed E-state index contributed by atoms with van der Waals surface area (Å²) in [6.07, 6.45) is 1.77. The quantitative estimate of drug-likeness (QED) is 0.605. The van der Waals surface area contributed by atoms with E-state index in [0.717, 1.165) is 15.7 Å². The van der Waals surface area contributed by atoms with E-state index in [0.29, 0.717) is 18.0 Å². The van der Waals surface area contributed by atoms with Crippen LogP contribution in [0.25, 0.3) is 0 Å². The Hall–Kier alpha value is -0.660. The second kappa shape index (κ2) is 6.49. The first-order chi connectivity index (χ1) is 8.31. The first-order valence-corrected chi connectivity index (χ1v) is 8.57. The van der Waals surface area contributed by atoms with Gasteiger partial charge in [-0.05, 0) is 34.5 Å². The molecule has 1 aromatic rings. The minimum atomic E-state index is -2.91. The van der Waals surface area contributed by atoms with Crippen molar-refractivity contribution in [2.45, 2.75) is 6.42 Å². The summed E-state index contributed by atoms with van der Waals surface area (Å²) in [5.41, 5.74) is 7.21. The summed E-state index contributed by atoms with van der Waals surface area (Å²) in [7, 11) is -2.91. The van der Waals surface area contributed by atoms with Gasteiger partial charge in [-0.1, -0.05) is 18.3 Å². The Morgan fingerprint density at radius 3 is 2.72 bits per heavy atom. The maximum absolute atomic E-state index is 11.0. The van der Waals surface area contributed by atoms with E-state index in [9.17, 15) is 8.42 Å². The topological polar surface area (TPSA) is 72.2 Å². The molecule has 0 unspecified atom stereocenters. The second-order valence-electron chi connectivity index (χ2n) is 3.94. The lowest BCUT2D eigenvalue weighted by atomic mass is 10.1. The van der Waals surface area contributed by atoms with E-state index in [-0.39, 0.29) is 5.75 Å². The molecule has 100 valence electrons. The fraction of sp³-hybridized carbons (Fsp3) is 0.364. The van der Waals surface area contributed by atoms with E-state index in [1.807, 2.05) is 18.2 Å². The Morgan fingerprint density at radius 2 is 2.17 bits per heavy atom. The van der Waals surface area contributed by atoms with Gasteiger partial charge in [0.1, 0.15) is 14.8 Å². The van der Waals surface area contributed by atoms with Crippen molar-refractivity contribution >= 4 is 48.7 Å². The molecular weight excluding hydrogens is 336 g/mol. The molecule has 7 heteroatoms. The number of benzene rings is 1. The Balaban J connectivity index is 2.68. The first kappa shape index (κ1) is 15.4. The summed E-state index contributed by atoms with van der Waals surface area (Å²) in [5.74, 6) is 0.163. The summed E-state index contributed by atoms with van der Waals surface area (Å²) in [6, 6.07) is 5.58. The average molecular weight is 351 g/mol. The van der Waals surface area contributed by atoms with Crippen LogP contribution in [0, 0.1) is 0 Å². The van der Waals surface area contributed by atoms with E-state index >= 15 is 0 Å². The Bertz CT molecular complexity index is 544. The monoisotopic (exact) mass is 350 g/mol. The van der Waals surface area contributed by atoms with Crippen LogP contribution in [-0.4, -0.2) is 32.0 Å². The predicted octanol–water partition coefficient (Wildman–Crippen LogP) is 1.93. The average Bonchev–Trinajstić information content (AvgIpc) is 2.22. The molecule has 0 atom stereocenters. The van der Waals surface area contributed by atoms with Gasteiger partial charge in [-0.15, -0.1) is 0 Å². The summed E-state index contributed by atoms with van der Waals surface area (Å²) in [4.78, 5) is 0.299. The molecule has 0 saturated carbocycles. The highest BCUT2D eigenvalue weighted by Gasteiger charge is 2.09. The van der Waals surface area contributed by atoms with Gasteiger partial charge >= 0.3 is 0 Å². The number of nitrogens with one attached hydrogen (secondary N) is 1. The summed E-state index contributed by atoms with van der Waals surface area (Å²) in [6.45, 7) is 0.555. The van der Waals surface area contributed by atoms with Gasteiger partial charge < -0.3 is 11.1 Å². The smallest absolute Gasteiger partial charge is 0.147 e. The van der Waals surface area contributed by atoms with Gasteiger partial charge in [-0.3, -0.25) is 0 Å². The molecule has 0 aliphatic heterocycles. The highest BCUT2D eigenvalue weighted by atomic mass is 79.9. The van der Waals surface area contributed by atoms with Crippen molar-refractivity contribution in [2.75, 3.05) is 23.9 Å². The molecule has 0 heterocycles. The van der Waals surface area contributed by atoms with Crippen molar-refractivity contribution in [1.29, 1.82) is 0 Å². The third-order valence-corrected chi connectivity index (χ3v) is 4.16. The molecule has 0 fully saturated rings. The molecule has 1 aromatic carbocycles. The zero-order chi connectivity index (χ0) is 13.8. The van der Waals surface area contributed by atoms with Crippen LogP contribution in [0.4, 0.5) is 5.69 Å². The molecule has 0 aromatic heterocycles. The number of rotatable bonds is 6. The van der Waals surface area contributed by atoms with Crippen molar-refractivity contribution in [2.24, 2.45) is 5.73 Å². The van der Waals surface area contributed by atoms with Crippen LogP contribution in [0.3, 0.4) is 0 Å². The molecule has 1 rings (SSSR count). The van der Waals surface area contributed by atoms with Crippen molar-refractivity contribution in [3.8, 4) is 0 Å². The Labute approximate surface area is 121 Å². The van der Waals surface area contributed by atoms with E-state index in [1.54, 1.807) is 0 Å². The van der Waals surface area contributed by atoms with Crippen LogP contribution in [0.2, 0.25) is 0 Å². The molecule has 18 heavy (non-hydrogen) atoms. The molecule has 4 nitrogen and oxygen atoms in total. The fourth-order valence-electron chi connectivity index (χ4n) is 1.48. The highest BCUT2D eigenvalue weighted by Crippen LogP contribution is 2.24. The van der Waals surface area contributed by atoms with Crippen molar-refractivity contribution in [3.05, 3.63) is 28.2 Å². The second-order valence-corrected chi connectivity index (χ2v) is 7.49. The molecule has 0 spiro atoms. The van der Waals surface area contributed by atoms with Crippen molar-refractivity contribution in [3.63, 3.8) is 0 Å². The van der Waals surface area contributed by atoms with Gasteiger partial charge in [0.15, 0.2) is 0 Å². The molecule has 0 bridgehead atoms. The molecule has 0 aliphatic carbocycles.